The van der Waals surface area contributed by atoms with Gasteiger partial charge in [-0.1, -0.05) is 6.07 Å². The lowest BCUT2D eigenvalue weighted by Gasteiger charge is -2.28. The number of hydrogen-bond donors (Lipinski definition) is 7. The van der Waals surface area contributed by atoms with Gasteiger partial charge in [-0.25, -0.2) is 15.0 Å². The fourth-order valence-electron chi connectivity index (χ4n) is 4.41. The van der Waals surface area contributed by atoms with E-state index >= 15 is 0 Å². The first-order valence-electron chi connectivity index (χ1n) is 11.3. The number of nitrogens with two attached hydrogens (primary N) is 1. The minimum absolute atomic E-state index is 0.00815. The van der Waals surface area contributed by atoms with E-state index < -0.39 is 36.7 Å². The van der Waals surface area contributed by atoms with Crippen molar-refractivity contribution in [2.75, 3.05) is 24.1 Å². The summed E-state index contributed by atoms with van der Waals surface area (Å²) < 4.78 is 7.16. The molecule has 1 aliphatic heterocycles. The molecule has 1 aromatic carbocycles. The molecule has 1 fully saturated rings. The smallest absolute Gasteiger partial charge is 0.254 e. The van der Waals surface area contributed by atoms with Gasteiger partial charge in [0, 0.05) is 29.2 Å². The number of aliphatic hydroxyl groups excluding tert-OH is 3. The highest BCUT2D eigenvalue weighted by Gasteiger charge is 2.49. The maximum atomic E-state index is 13.3. The average molecular weight is 499 g/mol. The highest BCUT2D eigenvalue weighted by atomic mass is 16.6. The molecule has 4 heterocycles. The van der Waals surface area contributed by atoms with Gasteiger partial charge in [0.2, 0.25) is 0 Å². The lowest BCUT2D eigenvalue weighted by molar-refractivity contribution is -0.149. The van der Waals surface area contributed by atoms with Gasteiger partial charge in [-0.2, -0.15) is 0 Å². The first-order valence-corrected chi connectivity index (χ1v) is 11.3. The molecule has 190 valence electrons. The largest absolute Gasteiger partial charge is 0.494 e. The Labute approximate surface area is 204 Å². The maximum absolute atomic E-state index is 13.3. The van der Waals surface area contributed by atoms with Gasteiger partial charge >= 0.3 is 0 Å². The summed E-state index contributed by atoms with van der Waals surface area (Å²) in [6, 6.07) is 5.18. The number of aromatic amines is 1. The molecule has 4 aromatic rings. The number of nitrogen functional groups attached to an aromatic ring is 1. The van der Waals surface area contributed by atoms with E-state index in [9.17, 15) is 25.2 Å². The molecular weight excluding hydrogens is 472 g/mol. The molecule has 5 rings (SSSR count). The molecule has 1 aliphatic rings. The Balaban J connectivity index is 1.31. The number of anilines is 2. The molecule has 0 spiro atoms. The van der Waals surface area contributed by atoms with Crippen LogP contribution in [0.25, 0.3) is 21.9 Å². The summed E-state index contributed by atoms with van der Waals surface area (Å²) in [4.78, 5) is 29.4. The number of nitrogens with zero attached hydrogens (tertiary/aromatic N) is 5. The minimum Gasteiger partial charge on any atom is -0.494 e. The van der Waals surface area contributed by atoms with Gasteiger partial charge in [0.05, 0.1) is 12.9 Å². The number of aliphatic hydroxyl groups is 3. The highest BCUT2D eigenvalue weighted by Crippen LogP contribution is 2.33. The predicted molar refractivity (Wildman–Crippen MR) is 128 cm³/mol. The van der Waals surface area contributed by atoms with Crippen LogP contribution in [-0.4, -0.2) is 93.4 Å². The topological polar surface area (TPSA) is 208 Å². The number of nitrogens with one attached hydrogen (secondary N) is 2. The lowest BCUT2D eigenvalue weighted by Crippen LogP contribution is -2.48. The van der Waals surface area contributed by atoms with Crippen LogP contribution in [0.4, 0.5) is 11.5 Å². The third-order valence-electron chi connectivity index (χ3n) is 6.27. The summed E-state index contributed by atoms with van der Waals surface area (Å²) in [6.45, 7) is 1.79. The number of likely N-dealkylation sites (N-methyl/N-ethyl adjacent to an activating group) is 1. The number of rotatable bonds is 7. The van der Waals surface area contributed by atoms with E-state index in [0.29, 0.717) is 22.0 Å². The Morgan fingerprint density at radius 1 is 1.28 bits per heavy atom. The van der Waals surface area contributed by atoms with E-state index in [-0.39, 0.29) is 30.4 Å². The van der Waals surface area contributed by atoms with Crippen molar-refractivity contribution in [2.24, 2.45) is 0 Å². The molecule has 0 aliphatic carbocycles. The predicted octanol–water partition coefficient (Wildman–Crippen LogP) is -0.506. The second-order valence-corrected chi connectivity index (χ2v) is 8.45. The van der Waals surface area contributed by atoms with Crippen molar-refractivity contribution in [2.45, 2.75) is 37.7 Å². The number of ether oxygens (including phenoxy) is 1. The van der Waals surface area contributed by atoms with Crippen molar-refractivity contribution >= 4 is 39.3 Å². The zero-order chi connectivity index (χ0) is 25.6. The quantitative estimate of drug-likeness (QED) is 0.161. The van der Waals surface area contributed by atoms with Crippen LogP contribution in [0.5, 0.6) is 5.88 Å². The molecule has 4 unspecified atom stereocenters. The first kappa shape index (κ1) is 23.7. The Morgan fingerprint density at radius 3 is 2.86 bits per heavy atom. The number of aromatic hydroxyl groups is 1. The number of amides is 1. The number of imidazole rings is 1. The van der Waals surface area contributed by atoms with Crippen LogP contribution in [0.1, 0.15) is 13.2 Å². The standard InChI is InChI=1S/C22H26N8O6/c1-2-29(7-13(31)28-12-5-3-4-10-11(12)6-24-20(10)34)21(35)17-15(32)16(33)22(36-17)30-9-27-14-18(23)25-8-26-19(14)30/h3-6,8-9,13,15-17,22,24,28,31-34H,2,7H2,1H3,(H2,23,25,26)/t13-,15?,16?,17?,22?/m1/s1. The van der Waals surface area contributed by atoms with E-state index in [1.54, 1.807) is 31.3 Å². The molecular formula is C22H26N8O6. The van der Waals surface area contributed by atoms with Crippen molar-refractivity contribution in [3.05, 3.63) is 37.1 Å². The number of benzene rings is 1. The Kier molecular flexibility index (Phi) is 6.09. The fourth-order valence-corrected chi connectivity index (χ4v) is 4.41. The summed E-state index contributed by atoms with van der Waals surface area (Å²) in [5, 5.41) is 46.0. The third-order valence-corrected chi connectivity index (χ3v) is 6.27. The number of H-pyrrole nitrogens is 1. The summed E-state index contributed by atoms with van der Waals surface area (Å²) >= 11 is 0. The average Bonchev–Trinajstić information content (AvgIpc) is 3.55. The van der Waals surface area contributed by atoms with Crippen molar-refractivity contribution in [1.29, 1.82) is 0 Å². The van der Waals surface area contributed by atoms with Crippen LogP contribution < -0.4 is 11.1 Å². The molecule has 0 bridgehead atoms. The molecule has 14 heteroatoms. The van der Waals surface area contributed by atoms with E-state index in [0.717, 1.165) is 0 Å². The second kappa shape index (κ2) is 9.23. The Bertz CT molecular complexity index is 1410. The lowest BCUT2D eigenvalue weighted by atomic mass is 10.1. The first-order chi connectivity index (χ1) is 17.3. The summed E-state index contributed by atoms with van der Waals surface area (Å²) in [6.07, 6.45) is -2.51. The highest BCUT2D eigenvalue weighted by molar-refractivity contribution is 5.97. The van der Waals surface area contributed by atoms with Gasteiger partial charge in [-0.15, -0.1) is 0 Å². The van der Waals surface area contributed by atoms with Crippen molar-refractivity contribution in [3.63, 3.8) is 0 Å². The third kappa shape index (κ3) is 3.95. The van der Waals surface area contributed by atoms with Crippen LogP contribution in [0.15, 0.2) is 37.1 Å². The van der Waals surface area contributed by atoms with E-state index in [1.165, 1.54) is 22.1 Å². The zero-order valence-corrected chi connectivity index (χ0v) is 19.2. The van der Waals surface area contributed by atoms with Crippen LogP contribution >= 0.6 is 0 Å². The Morgan fingerprint density at radius 2 is 2.08 bits per heavy atom. The molecule has 3 aromatic heterocycles. The molecule has 0 saturated carbocycles. The second-order valence-electron chi connectivity index (χ2n) is 8.45. The fraction of sp³-hybridized carbons (Fsp3) is 0.364. The van der Waals surface area contributed by atoms with E-state index in [2.05, 4.69) is 25.3 Å². The van der Waals surface area contributed by atoms with Gasteiger partial charge in [0.1, 0.15) is 30.3 Å². The Hall–Kier alpha value is -3.98. The zero-order valence-electron chi connectivity index (χ0n) is 19.2. The van der Waals surface area contributed by atoms with Crippen LogP contribution in [0.3, 0.4) is 0 Å². The summed E-state index contributed by atoms with van der Waals surface area (Å²) in [7, 11) is 0. The molecule has 8 N–H and O–H groups in total. The van der Waals surface area contributed by atoms with Gasteiger partial charge in [0.15, 0.2) is 29.7 Å². The van der Waals surface area contributed by atoms with Crippen molar-refractivity contribution in [3.8, 4) is 5.88 Å². The van der Waals surface area contributed by atoms with Gasteiger partial charge < -0.3 is 46.1 Å². The SMILES string of the molecule is CCN(C[C@@H](O)Nc1cccc2c(O)[nH]cc12)C(=O)C1OC(n2cnc3c(N)ncnc32)C(O)C1O. The molecule has 14 nitrogen and oxygen atoms in total. The monoisotopic (exact) mass is 498 g/mol. The molecule has 5 atom stereocenters. The van der Waals surface area contributed by atoms with E-state index in [4.69, 9.17) is 10.5 Å². The van der Waals surface area contributed by atoms with Gasteiger partial charge in [-0.3, -0.25) is 9.36 Å². The maximum Gasteiger partial charge on any atom is 0.254 e. The van der Waals surface area contributed by atoms with Crippen LogP contribution in [-0.2, 0) is 9.53 Å². The molecule has 36 heavy (non-hydrogen) atoms. The van der Waals surface area contributed by atoms with Crippen LogP contribution in [0, 0.1) is 0 Å². The van der Waals surface area contributed by atoms with Crippen LogP contribution in [0.2, 0.25) is 0 Å². The molecule has 0 radical (unpaired) electrons. The number of carbonyl (C=O) groups is 1. The minimum atomic E-state index is -1.53. The van der Waals surface area contributed by atoms with Gasteiger partial charge in [0.25, 0.3) is 5.91 Å². The number of carbonyl (C=O) groups excluding carboxylic acids is 1. The number of fused-ring (bicyclic) bond motifs is 2. The molecule has 1 amide bonds. The summed E-state index contributed by atoms with van der Waals surface area (Å²) in [5.41, 5.74) is 6.95. The van der Waals surface area contributed by atoms with Crippen molar-refractivity contribution < 1.29 is 30.0 Å². The van der Waals surface area contributed by atoms with E-state index in [1.807, 2.05) is 0 Å². The van der Waals surface area contributed by atoms with Crippen molar-refractivity contribution in [1.82, 2.24) is 29.4 Å². The molecule has 1 saturated heterocycles. The van der Waals surface area contributed by atoms with Gasteiger partial charge in [-0.05, 0) is 19.1 Å². The number of hydrogen-bond acceptors (Lipinski definition) is 11. The number of aromatic nitrogens is 5. The summed E-state index contributed by atoms with van der Waals surface area (Å²) in [5.74, 6) is -0.458. The normalized spacial score (nSPS) is 22.8.